The number of aromatic carboxylic acids is 1. The minimum Gasteiger partial charge on any atom is -0.478 e. The normalized spacial score (nSPS) is 10.2. The Morgan fingerprint density at radius 2 is 1.91 bits per heavy atom. The molecule has 1 aromatic heterocycles. The van der Waals surface area contributed by atoms with E-state index in [1.165, 1.54) is 18.5 Å². The van der Waals surface area contributed by atoms with Gasteiger partial charge in [0.1, 0.15) is 12.0 Å². The second kappa shape index (κ2) is 7.26. The number of carboxylic acids is 1. The van der Waals surface area contributed by atoms with Gasteiger partial charge in [-0.1, -0.05) is 13.3 Å². The van der Waals surface area contributed by atoms with Crippen molar-refractivity contribution in [2.75, 3.05) is 22.9 Å². The molecule has 0 bridgehead atoms. The highest BCUT2D eigenvalue weighted by Gasteiger charge is 2.08. The van der Waals surface area contributed by atoms with Crippen molar-refractivity contribution in [3.8, 4) is 0 Å². The van der Waals surface area contributed by atoms with Crippen molar-refractivity contribution in [1.29, 1.82) is 0 Å². The lowest BCUT2D eigenvalue weighted by molar-refractivity contribution is 0.0697. The lowest BCUT2D eigenvalue weighted by atomic mass is 10.2. The molecule has 0 aliphatic rings. The van der Waals surface area contributed by atoms with Gasteiger partial charge in [0.05, 0.1) is 5.56 Å². The van der Waals surface area contributed by atoms with Gasteiger partial charge in [-0.3, -0.25) is 0 Å². The van der Waals surface area contributed by atoms with Gasteiger partial charge < -0.3 is 21.5 Å². The summed E-state index contributed by atoms with van der Waals surface area (Å²) in [5.41, 5.74) is 7.41. The highest BCUT2D eigenvalue weighted by Crippen LogP contribution is 2.25. The van der Waals surface area contributed by atoms with Crippen LogP contribution in [0.3, 0.4) is 0 Å². The Labute approximate surface area is 128 Å². The number of nitrogens with two attached hydrogens (primary N) is 1. The third kappa shape index (κ3) is 3.85. The predicted octanol–water partition coefficient (Wildman–Crippen LogP) is 2.71. The summed E-state index contributed by atoms with van der Waals surface area (Å²) in [6.07, 6.45) is 3.54. The quantitative estimate of drug-likeness (QED) is 0.581. The average molecular weight is 301 g/mol. The van der Waals surface area contributed by atoms with E-state index in [2.05, 4.69) is 27.5 Å². The van der Waals surface area contributed by atoms with Gasteiger partial charge in [-0.2, -0.15) is 0 Å². The van der Waals surface area contributed by atoms with E-state index in [-0.39, 0.29) is 5.56 Å². The van der Waals surface area contributed by atoms with E-state index in [4.69, 9.17) is 10.8 Å². The molecule has 1 aromatic carbocycles. The van der Waals surface area contributed by atoms with E-state index in [1.807, 2.05) is 0 Å². The predicted molar refractivity (Wildman–Crippen MR) is 86.5 cm³/mol. The molecule has 0 saturated carbocycles. The summed E-state index contributed by atoms with van der Waals surface area (Å²) in [6.45, 7) is 2.91. The summed E-state index contributed by atoms with van der Waals surface area (Å²) >= 11 is 0. The molecule has 2 aromatic rings. The number of unbranched alkanes of at least 4 members (excludes halogenated alkanes) is 1. The molecule has 0 radical (unpaired) electrons. The van der Waals surface area contributed by atoms with Crippen LogP contribution in [0, 0.1) is 0 Å². The fourth-order valence-electron chi connectivity index (χ4n) is 1.85. The van der Waals surface area contributed by atoms with E-state index in [1.54, 1.807) is 12.1 Å². The zero-order valence-corrected chi connectivity index (χ0v) is 12.3. The largest absolute Gasteiger partial charge is 0.478 e. The molecule has 2 rings (SSSR count). The molecular weight excluding hydrogens is 282 g/mol. The minimum absolute atomic E-state index is 0.225. The number of anilines is 4. The summed E-state index contributed by atoms with van der Waals surface area (Å²) in [5.74, 6) is 0.112. The number of carboxylic acid groups (broad SMARTS) is 1. The Morgan fingerprint density at radius 3 is 2.55 bits per heavy atom. The van der Waals surface area contributed by atoms with Gasteiger partial charge >= 0.3 is 5.97 Å². The van der Waals surface area contributed by atoms with Gasteiger partial charge in [0.2, 0.25) is 0 Å². The van der Waals surface area contributed by atoms with E-state index < -0.39 is 5.97 Å². The van der Waals surface area contributed by atoms with Crippen molar-refractivity contribution in [2.24, 2.45) is 0 Å². The molecule has 0 aliphatic heterocycles. The Morgan fingerprint density at radius 1 is 1.23 bits per heavy atom. The number of hydrogen-bond donors (Lipinski definition) is 4. The maximum Gasteiger partial charge on any atom is 0.335 e. The number of hydrogen-bond acceptors (Lipinski definition) is 6. The number of carbonyl (C=O) groups is 1. The molecule has 0 saturated heterocycles. The van der Waals surface area contributed by atoms with Gasteiger partial charge in [-0.25, -0.2) is 14.8 Å². The molecule has 0 aliphatic carbocycles. The van der Waals surface area contributed by atoms with Crippen LogP contribution in [0.5, 0.6) is 0 Å². The van der Waals surface area contributed by atoms with Crippen molar-refractivity contribution in [1.82, 2.24) is 9.97 Å². The SMILES string of the molecule is CCCCNc1ncnc(Nc2ccc(C(=O)O)cc2)c1N. The molecule has 22 heavy (non-hydrogen) atoms. The van der Waals surface area contributed by atoms with E-state index >= 15 is 0 Å². The second-order valence-corrected chi connectivity index (χ2v) is 4.77. The fraction of sp³-hybridized carbons (Fsp3) is 0.267. The Kier molecular flexibility index (Phi) is 5.13. The molecular formula is C15H19N5O2. The number of aromatic nitrogens is 2. The summed E-state index contributed by atoms with van der Waals surface area (Å²) < 4.78 is 0. The fourth-order valence-corrected chi connectivity index (χ4v) is 1.85. The van der Waals surface area contributed by atoms with Crippen LogP contribution in [0.25, 0.3) is 0 Å². The molecule has 7 heteroatoms. The molecule has 116 valence electrons. The van der Waals surface area contributed by atoms with Crippen molar-refractivity contribution in [3.05, 3.63) is 36.2 Å². The van der Waals surface area contributed by atoms with Crippen LogP contribution >= 0.6 is 0 Å². The summed E-state index contributed by atoms with van der Waals surface area (Å²) in [4.78, 5) is 19.1. The van der Waals surface area contributed by atoms with Crippen LogP contribution in [0.2, 0.25) is 0 Å². The third-order valence-electron chi connectivity index (χ3n) is 3.10. The summed E-state index contributed by atoms with van der Waals surface area (Å²) in [7, 11) is 0. The summed E-state index contributed by atoms with van der Waals surface area (Å²) in [5, 5.41) is 15.1. The maximum atomic E-state index is 10.8. The topological polar surface area (TPSA) is 113 Å². The first-order valence-electron chi connectivity index (χ1n) is 7.06. The zero-order chi connectivity index (χ0) is 15.9. The highest BCUT2D eigenvalue weighted by atomic mass is 16.4. The van der Waals surface area contributed by atoms with Gasteiger partial charge in [-0.05, 0) is 30.7 Å². The van der Waals surface area contributed by atoms with Gasteiger partial charge in [-0.15, -0.1) is 0 Å². The average Bonchev–Trinajstić information content (AvgIpc) is 2.51. The number of nitrogens with zero attached hydrogens (tertiary/aromatic N) is 2. The Hall–Kier alpha value is -2.83. The summed E-state index contributed by atoms with van der Waals surface area (Å²) in [6, 6.07) is 6.36. The molecule has 1 heterocycles. The first kappa shape index (κ1) is 15.6. The molecule has 0 amide bonds. The molecule has 5 N–H and O–H groups in total. The first-order valence-corrected chi connectivity index (χ1v) is 7.06. The van der Waals surface area contributed by atoms with Crippen LogP contribution in [0.15, 0.2) is 30.6 Å². The van der Waals surface area contributed by atoms with Crippen LogP contribution in [-0.2, 0) is 0 Å². The lowest BCUT2D eigenvalue weighted by Crippen LogP contribution is -2.09. The van der Waals surface area contributed by atoms with Crippen molar-refractivity contribution in [2.45, 2.75) is 19.8 Å². The van der Waals surface area contributed by atoms with E-state index in [0.717, 1.165) is 19.4 Å². The van der Waals surface area contributed by atoms with Gasteiger partial charge in [0.25, 0.3) is 0 Å². The molecule has 0 unspecified atom stereocenters. The Bertz CT molecular complexity index is 643. The lowest BCUT2D eigenvalue weighted by Gasteiger charge is -2.12. The highest BCUT2D eigenvalue weighted by molar-refractivity contribution is 5.88. The van der Waals surface area contributed by atoms with Crippen LogP contribution in [-0.4, -0.2) is 27.6 Å². The van der Waals surface area contributed by atoms with Crippen LogP contribution in [0.4, 0.5) is 23.0 Å². The van der Waals surface area contributed by atoms with E-state index in [0.29, 0.717) is 23.0 Å². The van der Waals surface area contributed by atoms with Gasteiger partial charge in [0, 0.05) is 12.2 Å². The van der Waals surface area contributed by atoms with Crippen LogP contribution in [0.1, 0.15) is 30.1 Å². The first-order chi connectivity index (χ1) is 10.6. The molecule has 0 fully saturated rings. The standard InChI is InChI=1S/C15H19N5O2/c1-2-3-8-17-13-12(16)14(19-9-18-13)20-11-6-4-10(5-7-11)15(21)22/h4-7,9H,2-3,8,16H2,1H3,(H,21,22)(H2,17,18,19,20). The Balaban J connectivity index is 2.12. The van der Waals surface area contributed by atoms with Crippen molar-refractivity contribution in [3.63, 3.8) is 0 Å². The van der Waals surface area contributed by atoms with Crippen molar-refractivity contribution < 1.29 is 9.90 Å². The molecule has 7 nitrogen and oxygen atoms in total. The third-order valence-corrected chi connectivity index (χ3v) is 3.10. The number of benzene rings is 1. The minimum atomic E-state index is -0.962. The van der Waals surface area contributed by atoms with Gasteiger partial charge in [0.15, 0.2) is 11.6 Å². The monoisotopic (exact) mass is 301 g/mol. The van der Waals surface area contributed by atoms with Crippen LogP contribution < -0.4 is 16.4 Å². The smallest absolute Gasteiger partial charge is 0.335 e. The molecule has 0 atom stereocenters. The zero-order valence-electron chi connectivity index (χ0n) is 12.3. The second-order valence-electron chi connectivity index (χ2n) is 4.77. The number of nitrogen functional groups attached to an aromatic ring is 1. The van der Waals surface area contributed by atoms with E-state index in [9.17, 15) is 4.79 Å². The maximum absolute atomic E-state index is 10.8. The number of nitrogens with one attached hydrogen (secondary N) is 2. The molecule has 0 spiro atoms. The van der Waals surface area contributed by atoms with Crippen molar-refractivity contribution >= 4 is 29.0 Å². The number of rotatable bonds is 7.